The number of rotatable bonds is 3. The third kappa shape index (κ3) is 3.16. The molecule has 140 valence electrons. The predicted octanol–water partition coefficient (Wildman–Crippen LogP) is 3.93. The second-order valence-electron chi connectivity index (χ2n) is 6.80. The Balaban J connectivity index is 1.68. The molecule has 2 aromatic heterocycles. The Bertz CT molecular complexity index is 1000. The van der Waals surface area contributed by atoms with Crippen molar-refractivity contribution in [2.24, 2.45) is 7.05 Å². The Labute approximate surface area is 161 Å². The maximum atomic E-state index is 13.7. The van der Waals surface area contributed by atoms with Crippen molar-refractivity contribution in [3.05, 3.63) is 64.9 Å². The number of amides is 1. The molecular formula is C20H21FN4OS. The summed E-state index contributed by atoms with van der Waals surface area (Å²) in [6.45, 7) is 4.00. The maximum absolute atomic E-state index is 13.7. The summed E-state index contributed by atoms with van der Waals surface area (Å²) in [7, 11) is 1.83. The first-order valence-corrected chi connectivity index (χ1v) is 9.84. The number of carbonyl (C=O) groups excluding carboxylic acids is 1. The first kappa shape index (κ1) is 17.9. The van der Waals surface area contributed by atoms with E-state index in [1.807, 2.05) is 37.6 Å². The molecule has 1 aromatic carbocycles. The number of carbonyl (C=O) groups is 1. The van der Waals surface area contributed by atoms with E-state index in [2.05, 4.69) is 10.4 Å². The number of thioether (sulfide) groups is 1. The number of aryl methyl sites for hydroxylation is 3. The van der Waals surface area contributed by atoms with Gasteiger partial charge in [0.15, 0.2) is 0 Å². The van der Waals surface area contributed by atoms with Crippen molar-refractivity contribution in [2.75, 3.05) is 5.75 Å². The fourth-order valence-corrected chi connectivity index (χ4v) is 4.72. The molecule has 4 rings (SSSR count). The molecular weight excluding hydrogens is 363 g/mol. The second kappa shape index (κ2) is 6.88. The molecule has 3 heterocycles. The molecule has 1 aliphatic heterocycles. The van der Waals surface area contributed by atoms with Gasteiger partial charge >= 0.3 is 0 Å². The van der Waals surface area contributed by atoms with E-state index in [1.54, 1.807) is 28.7 Å². The first-order valence-electron chi connectivity index (χ1n) is 8.86. The molecule has 1 atom stereocenters. The monoisotopic (exact) mass is 384 g/mol. The van der Waals surface area contributed by atoms with E-state index < -0.39 is 0 Å². The minimum atomic E-state index is -0.281. The van der Waals surface area contributed by atoms with Crippen molar-refractivity contribution >= 4 is 17.7 Å². The molecule has 0 bridgehead atoms. The molecule has 3 aromatic rings. The van der Waals surface area contributed by atoms with Gasteiger partial charge in [-0.2, -0.15) is 5.10 Å². The molecule has 1 aliphatic rings. The third-order valence-corrected chi connectivity index (χ3v) is 6.07. The highest BCUT2D eigenvalue weighted by Gasteiger charge is 2.26. The van der Waals surface area contributed by atoms with Crippen LogP contribution in [0.2, 0.25) is 0 Å². The molecule has 0 saturated carbocycles. The summed E-state index contributed by atoms with van der Waals surface area (Å²) < 4.78 is 17.5. The van der Waals surface area contributed by atoms with Gasteiger partial charge in [-0.25, -0.2) is 4.39 Å². The molecule has 0 fully saturated rings. The van der Waals surface area contributed by atoms with Crippen LogP contribution in [0.3, 0.4) is 0 Å². The van der Waals surface area contributed by atoms with Crippen molar-refractivity contribution < 1.29 is 9.18 Å². The van der Waals surface area contributed by atoms with Crippen LogP contribution in [0.1, 0.15) is 39.8 Å². The summed E-state index contributed by atoms with van der Waals surface area (Å²) >= 11 is 1.69. The zero-order chi connectivity index (χ0) is 19.1. The summed E-state index contributed by atoms with van der Waals surface area (Å²) in [6, 6.07) is 8.60. The summed E-state index contributed by atoms with van der Waals surface area (Å²) in [4.78, 5) is 14.1. The van der Waals surface area contributed by atoms with Gasteiger partial charge in [-0.1, -0.05) is 0 Å². The maximum Gasteiger partial charge on any atom is 0.257 e. The number of nitrogens with zero attached hydrogens (tertiary/aromatic N) is 3. The van der Waals surface area contributed by atoms with E-state index in [9.17, 15) is 9.18 Å². The molecule has 27 heavy (non-hydrogen) atoms. The minimum Gasteiger partial charge on any atom is -0.345 e. The Morgan fingerprint density at radius 2 is 2.00 bits per heavy atom. The summed E-state index contributed by atoms with van der Waals surface area (Å²) in [5.41, 5.74) is 3.42. The quantitative estimate of drug-likeness (QED) is 0.744. The van der Waals surface area contributed by atoms with Gasteiger partial charge in [0.25, 0.3) is 5.91 Å². The van der Waals surface area contributed by atoms with Gasteiger partial charge in [0.05, 0.1) is 12.2 Å². The van der Waals surface area contributed by atoms with Gasteiger partial charge < -0.3 is 9.88 Å². The van der Waals surface area contributed by atoms with Gasteiger partial charge in [-0.15, -0.1) is 11.8 Å². The Kier molecular flexibility index (Phi) is 4.55. The van der Waals surface area contributed by atoms with Crippen molar-refractivity contribution in [3.63, 3.8) is 0 Å². The Morgan fingerprint density at radius 1 is 1.26 bits per heavy atom. The van der Waals surface area contributed by atoms with Crippen molar-refractivity contribution in [1.29, 1.82) is 0 Å². The topological polar surface area (TPSA) is 51.9 Å². The normalized spacial score (nSPS) is 16.2. The van der Waals surface area contributed by atoms with Crippen LogP contribution in [0.4, 0.5) is 4.39 Å². The fraction of sp³-hybridized carbons (Fsp3) is 0.300. The molecule has 1 amide bonds. The van der Waals surface area contributed by atoms with Gasteiger partial charge in [0, 0.05) is 29.1 Å². The molecule has 5 nitrogen and oxygen atoms in total. The summed E-state index contributed by atoms with van der Waals surface area (Å²) in [5, 5.41) is 7.39. The highest BCUT2D eigenvalue weighted by molar-refractivity contribution is 7.99. The average Bonchev–Trinajstić information content (AvgIpc) is 3.17. The van der Waals surface area contributed by atoms with Gasteiger partial charge in [0.1, 0.15) is 17.2 Å². The number of nitrogens with one attached hydrogen (secondary N) is 1. The smallest absolute Gasteiger partial charge is 0.257 e. The molecule has 7 heteroatoms. The number of hydrogen-bond acceptors (Lipinski definition) is 3. The molecule has 0 radical (unpaired) electrons. The zero-order valence-electron chi connectivity index (χ0n) is 15.5. The van der Waals surface area contributed by atoms with E-state index in [-0.39, 0.29) is 17.8 Å². The average molecular weight is 384 g/mol. The van der Waals surface area contributed by atoms with Crippen LogP contribution >= 0.6 is 11.8 Å². The number of hydrogen-bond donors (Lipinski definition) is 1. The van der Waals surface area contributed by atoms with E-state index in [1.165, 1.54) is 12.1 Å². The largest absolute Gasteiger partial charge is 0.345 e. The van der Waals surface area contributed by atoms with Crippen LogP contribution in [0, 0.1) is 19.7 Å². The number of aromatic nitrogens is 3. The van der Waals surface area contributed by atoms with E-state index in [4.69, 9.17) is 0 Å². The van der Waals surface area contributed by atoms with Crippen LogP contribution < -0.4 is 5.32 Å². The molecule has 1 N–H and O–H groups in total. The van der Waals surface area contributed by atoms with Crippen LogP contribution in [-0.2, 0) is 7.05 Å². The summed E-state index contributed by atoms with van der Waals surface area (Å²) in [5.74, 6) is 1.14. The van der Waals surface area contributed by atoms with E-state index in [0.29, 0.717) is 5.56 Å². The SMILES string of the molecule is Cc1ccc(C)n1-c1c(C(=O)NC2CCSc3ccc(F)cc32)cnn1C. The van der Waals surface area contributed by atoms with Crippen molar-refractivity contribution in [2.45, 2.75) is 31.2 Å². The van der Waals surface area contributed by atoms with Crippen molar-refractivity contribution in [1.82, 2.24) is 19.7 Å². The zero-order valence-corrected chi connectivity index (χ0v) is 16.3. The predicted molar refractivity (Wildman–Crippen MR) is 104 cm³/mol. The van der Waals surface area contributed by atoms with Crippen LogP contribution in [-0.4, -0.2) is 26.0 Å². The highest BCUT2D eigenvalue weighted by Crippen LogP contribution is 2.36. The van der Waals surface area contributed by atoms with E-state index in [0.717, 1.165) is 39.8 Å². The van der Waals surface area contributed by atoms with Crippen LogP contribution in [0.25, 0.3) is 5.82 Å². The second-order valence-corrected chi connectivity index (χ2v) is 7.94. The fourth-order valence-electron chi connectivity index (χ4n) is 3.61. The van der Waals surface area contributed by atoms with Crippen LogP contribution in [0.5, 0.6) is 0 Å². The molecule has 0 aliphatic carbocycles. The lowest BCUT2D eigenvalue weighted by Gasteiger charge is -2.26. The van der Waals surface area contributed by atoms with Gasteiger partial charge in [-0.3, -0.25) is 9.48 Å². The Hall–Kier alpha value is -2.54. The number of fused-ring (bicyclic) bond motifs is 1. The summed E-state index contributed by atoms with van der Waals surface area (Å²) in [6.07, 6.45) is 2.36. The minimum absolute atomic E-state index is 0.197. The standard InChI is InChI=1S/C20H21FN4OS/c1-12-4-5-13(2)25(12)20-16(11-22-24(20)3)19(26)23-17-8-9-27-18-7-6-14(21)10-15(17)18/h4-7,10-11,17H,8-9H2,1-3H3,(H,23,26). The first-order chi connectivity index (χ1) is 13.0. The Morgan fingerprint density at radius 3 is 2.74 bits per heavy atom. The lowest BCUT2D eigenvalue weighted by molar-refractivity contribution is 0.0934. The van der Waals surface area contributed by atoms with Crippen LogP contribution in [0.15, 0.2) is 41.4 Å². The van der Waals surface area contributed by atoms with Crippen molar-refractivity contribution in [3.8, 4) is 5.82 Å². The lowest BCUT2D eigenvalue weighted by atomic mass is 10.0. The lowest BCUT2D eigenvalue weighted by Crippen LogP contribution is -2.31. The number of benzene rings is 1. The van der Waals surface area contributed by atoms with E-state index >= 15 is 0 Å². The van der Waals surface area contributed by atoms with Gasteiger partial charge in [0.2, 0.25) is 0 Å². The molecule has 1 unspecified atom stereocenters. The third-order valence-electron chi connectivity index (χ3n) is 4.95. The van der Waals surface area contributed by atoms with Gasteiger partial charge in [-0.05, 0) is 56.2 Å². The molecule has 0 saturated heterocycles. The highest BCUT2D eigenvalue weighted by atomic mass is 32.2. The number of halogens is 1. The molecule has 0 spiro atoms.